The Kier molecular flexibility index (Phi) is 5.32. The molecule has 0 fully saturated rings. The van der Waals surface area contributed by atoms with Crippen LogP contribution in [-0.4, -0.2) is 17.3 Å². The standard InChI is InChI=1S/C10H14ClF3O2/c1-5(2)8(9(15)16)7(4-6(3)11)10(12,13)14/h4-5,7-8H,1-3H3,(H,15,16)/b6-4-. The fourth-order valence-electron chi connectivity index (χ4n) is 1.50. The Morgan fingerprint density at radius 2 is 1.81 bits per heavy atom. The predicted octanol–water partition coefficient (Wildman–Crippen LogP) is 3.66. The summed E-state index contributed by atoms with van der Waals surface area (Å²) >= 11 is 5.40. The third-order valence-corrected chi connectivity index (χ3v) is 2.30. The van der Waals surface area contributed by atoms with E-state index in [0.717, 1.165) is 6.08 Å². The number of carboxylic acids is 1. The quantitative estimate of drug-likeness (QED) is 0.835. The third kappa shape index (κ3) is 4.43. The SMILES string of the molecule is C/C(Cl)=C/C(C(C(=O)O)C(C)C)C(F)(F)F. The maximum atomic E-state index is 12.7. The van der Waals surface area contributed by atoms with Crippen LogP contribution in [0, 0.1) is 17.8 Å². The van der Waals surface area contributed by atoms with Crippen molar-refractivity contribution in [3.05, 3.63) is 11.1 Å². The van der Waals surface area contributed by atoms with E-state index in [1.807, 2.05) is 0 Å². The molecule has 0 saturated carbocycles. The van der Waals surface area contributed by atoms with E-state index in [1.54, 1.807) is 0 Å². The summed E-state index contributed by atoms with van der Waals surface area (Å²) in [5, 5.41) is 8.76. The molecule has 0 radical (unpaired) electrons. The van der Waals surface area contributed by atoms with Crippen molar-refractivity contribution in [2.24, 2.45) is 17.8 Å². The van der Waals surface area contributed by atoms with E-state index in [9.17, 15) is 18.0 Å². The van der Waals surface area contributed by atoms with E-state index in [4.69, 9.17) is 16.7 Å². The van der Waals surface area contributed by atoms with Crippen molar-refractivity contribution in [2.45, 2.75) is 26.9 Å². The molecule has 0 aliphatic rings. The number of carbonyl (C=O) groups is 1. The number of carboxylic acid groups (broad SMARTS) is 1. The van der Waals surface area contributed by atoms with Crippen LogP contribution in [0.2, 0.25) is 0 Å². The molecule has 2 unspecified atom stereocenters. The van der Waals surface area contributed by atoms with Crippen molar-refractivity contribution in [3.8, 4) is 0 Å². The second-order valence-electron chi connectivity index (χ2n) is 3.93. The normalized spacial score (nSPS) is 17.4. The van der Waals surface area contributed by atoms with Gasteiger partial charge in [0.15, 0.2) is 0 Å². The monoisotopic (exact) mass is 258 g/mol. The van der Waals surface area contributed by atoms with E-state index in [0.29, 0.717) is 0 Å². The van der Waals surface area contributed by atoms with Crippen molar-refractivity contribution in [1.29, 1.82) is 0 Å². The van der Waals surface area contributed by atoms with Gasteiger partial charge in [0.2, 0.25) is 0 Å². The van der Waals surface area contributed by atoms with E-state index < -0.39 is 29.9 Å². The second kappa shape index (κ2) is 5.57. The minimum Gasteiger partial charge on any atom is -0.481 e. The van der Waals surface area contributed by atoms with Crippen molar-refractivity contribution in [3.63, 3.8) is 0 Å². The predicted molar refractivity (Wildman–Crippen MR) is 55.1 cm³/mol. The van der Waals surface area contributed by atoms with Crippen LogP contribution in [0.15, 0.2) is 11.1 Å². The van der Waals surface area contributed by atoms with Crippen molar-refractivity contribution >= 4 is 17.6 Å². The Balaban J connectivity index is 5.31. The fraction of sp³-hybridized carbons (Fsp3) is 0.700. The Labute approximate surface area is 97.1 Å². The zero-order valence-corrected chi connectivity index (χ0v) is 9.93. The van der Waals surface area contributed by atoms with Gasteiger partial charge in [-0.1, -0.05) is 31.5 Å². The van der Waals surface area contributed by atoms with Crippen molar-refractivity contribution in [2.75, 3.05) is 0 Å². The molecular weight excluding hydrogens is 245 g/mol. The molecule has 0 aliphatic heterocycles. The summed E-state index contributed by atoms with van der Waals surface area (Å²) in [6.07, 6.45) is -3.86. The molecule has 0 aromatic heterocycles. The molecule has 0 amide bonds. The maximum Gasteiger partial charge on any atom is 0.396 e. The van der Waals surface area contributed by atoms with Crippen molar-refractivity contribution < 1.29 is 23.1 Å². The van der Waals surface area contributed by atoms with Crippen LogP contribution < -0.4 is 0 Å². The summed E-state index contributed by atoms with van der Waals surface area (Å²) in [5.41, 5.74) is 0. The first-order valence-corrected chi connectivity index (χ1v) is 5.08. The first-order chi connectivity index (χ1) is 7.07. The molecule has 0 rings (SSSR count). The molecule has 0 aromatic rings. The minimum atomic E-state index is -4.61. The highest BCUT2D eigenvalue weighted by Gasteiger charge is 2.47. The molecule has 0 bridgehead atoms. The number of rotatable bonds is 4. The highest BCUT2D eigenvalue weighted by Crippen LogP contribution is 2.37. The molecule has 16 heavy (non-hydrogen) atoms. The molecular formula is C10H14ClF3O2. The first-order valence-electron chi connectivity index (χ1n) is 4.70. The van der Waals surface area contributed by atoms with Gasteiger partial charge in [0.25, 0.3) is 0 Å². The maximum absolute atomic E-state index is 12.7. The lowest BCUT2D eigenvalue weighted by Crippen LogP contribution is -2.36. The van der Waals surface area contributed by atoms with Gasteiger partial charge in [0.1, 0.15) is 0 Å². The summed E-state index contributed by atoms with van der Waals surface area (Å²) in [5.74, 6) is -5.67. The van der Waals surface area contributed by atoms with Gasteiger partial charge in [0.05, 0.1) is 11.8 Å². The number of aliphatic carboxylic acids is 1. The van der Waals surface area contributed by atoms with Crippen LogP contribution in [0.3, 0.4) is 0 Å². The summed E-state index contributed by atoms with van der Waals surface area (Å²) in [6.45, 7) is 4.17. The second-order valence-corrected chi connectivity index (χ2v) is 4.53. The lowest BCUT2D eigenvalue weighted by molar-refractivity contribution is -0.188. The van der Waals surface area contributed by atoms with Gasteiger partial charge in [-0.15, -0.1) is 0 Å². The summed E-state index contributed by atoms with van der Waals surface area (Å²) in [7, 11) is 0. The van der Waals surface area contributed by atoms with Crippen LogP contribution in [0.4, 0.5) is 13.2 Å². The van der Waals surface area contributed by atoms with E-state index in [-0.39, 0.29) is 5.03 Å². The van der Waals surface area contributed by atoms with Gasteiger partial charge in [-0.25, -0.2) is 0 Å². The van der Waals surface area contributed by atoms with Crippen LogP contribution >= 0.6 is 11.6 Å². The van der Waals surface area contributed by atoms with E-state index in [2.05, 4.69) is 0 Å². The van der Waals surface area contributed by atoms with Crippen molar-refractivity contribution in [1.82, 2.24) is 0 Å². The molecule has 2 atom stereocenters. The number of hydrogen-bond donors (Lipinski definition) is 1. The number of halogens is 4. The highest BCUT2D eigenvalue weighted by molar-refractivity contribution is 6.29. The summed E-state index contributed by atoms with van der Waals surface area (Å²) in [6, 6.07) is 0. The van der Waals surface area contributed by atoms with Crippen LogP contribution in [0.5, 0.6) is 0 Å². The third-order valence-electron chi connectivity index (χ3n) is 2.18. The van der Waals surface area contributed by atoms with Gasteiger partial charge in [-0.05, 0) is 12.8 Å². The average molecular weight is 259 g/mol. The zero-order valence-electron chi connectivity index (χ0n) is 9.18. The smallest absolute Gasteiger partial charge is 0.396 e. The van der Waals surface area contributed by atoms with Crippen LogP contribution in [0.1, 0.15) is 20.8 Å². The van der Waals surface area contributed by atoms with Gasteiger partial charge in [-0.3, -0.25) is 4.79 Å². The minimum absolute atomic E-state index is 0.0609. The van der Waals surface area contributed by atoms with Gasteiger partial charge in [0, 0.05) is 5.03 Å². The number of allylic oxidation sites excluding steroid dienone is 2. The number of alkyl halides is 3. The topological polar surface area (TPSA) is 37.3 Å². The van der Waals surface area contributed by atoms with Crippen LogP contribution in [-0.2, 0) is 4.79 Å². The lowest BCUT2D eigenvalue weighted by Gasteiger charge is -2.26. The largest absolute Gasteiger partial charge is 0.481 e. The molecule has 0 aliphatic carbocycles. The molecule has 0 aromatic carbocycles. The van der Waals surface area contributed by atoms with E-state index >= 15 is 0 Å². The molecule has 0 heterocycles. The van der Waals surface area contributed by atoms with E-state index in [1.165, 1.54) is 20.8 Å². The highest BCUT2D eigenvalue weighted by atomic mass is 35.5. The lowest BCUT2D eigenvalue weighted by atomic mass is 9.82. The Morgan fingerprint density at radius 3 is 2.00 bits per heavy atom. The van der Waals surface area contributed by atoms with Gasteiger partial charge >= 0.3 is 12.1 Å². The Bertz CT molecular complexity index is 280. The van der Waals surface area contributed by atoms with Gasteiger partial charge < -0.3 is 5.11 Å². The number of hydrogen-bond acceptors (Lipinski definition) is 1. The molecule has 2 nitrogen and oxygen atoms in total. The van der Waals surface area contributed by atoms with Gasteiger partial charge in [-0.2, -0.15) is 13.2 Å². The molecule has 0 saturated heterocycles. The fourth-order valence-corrected chi connectivity index (χ4v) is 1.64. The zero-order chi connectivity index (χ0) is 13.1. The molecule has 6 heteroatoms. The average Bonchev–Trinajstić information content (AvgIpc) is 1.98. The molecule has 0 spiro atoms. The Hall–Kier alpha value is -0.710. The van der Waals surface area contributed by atoms with Crippen LogP contribution in [0.25, 0.3) is 0 Å². The molecule has 94 valence electrons. The summed E-state index contributed by atoms with van der Waals surface area (Å²) in [4.78, 5) is 10.8. The Morgan fingerprint density at radius 1 is 1.38 bits per heavy atom. The first kappa shape index (κ1) is 15.3. The molecule has 1 N–H and O–H groups in total. The summed E-state index contributed by atoms with van der Waals surface area (Å²) < 4.78 is 38.1.